The van der Waals surface area contributed by atoms with Gasteiger partial charge in [-0.15, -0.1) is 0 Å². The van der Waals surface area contributed by atoms with E-state index in [1.807, 2.05) is 24.3 Å². The highest BCUT2D eigenvalue weighted by Gasteiger charge is 2.04. The molecule has 0 fully saturated rings. The predicted octanol–water partition coefficient (Wildman–Crippen LogP) is 8.72. The maximum atomic E-state index is 11.8. The fourth-order valence-electron chi connectivity index (χ4n) is 3.26. The van der Waals surface area contributed by atoms with Gasteiger partial charge in [0.15, 0.2) is 0 Å². The first-order valence-corrected chi connectivity index (χ1v) is 12.2. The van der Waals surface area contributed by atoms with Crippen LogP contribution in [0.15, 0.2) is 58.8 Å². The molecule has 0 aliphatic heterocycles. The molecule has 0 aliphatic rings. The van der Waals surface area contributed by atoms with Crippen LogP contribution in [0.1, 0.15) is 84.5 Å². The van der Waals surface area contributed by atoms with Crippen LogP contribution in [0.2, 0.25) is 0 Å². The second-order valence-corrected chi connectivity index (χ2v) is 8.09. The fraction of sp³-hybridized carbons (Fsp3) is 0.519. The van der Waals surface area contributed by atoms with Crippen molar-refractivity contribution in [2.24, 2.45) is 10.2 Å². The zero-order chi connectivity index (χ0) is 22.9. The van der Waals surface area contributed by atoms with Crippen LogP contribution in [0.3, 0.4) is 0 Å². The van der Waals surface area contributed by atoms with Gasteiger partial charge in [0.2, 0.25) is 0 Å². The minimum absolute atomic E-state index is 0.192. The third-order valence-corrected chi connectivity index (χ3v) is 5.19. The number of hydrogen-bond acceptors (Lipinski definition) is 5. The molecule has 174 valence electrons. The Morgan fingerprint density at radius 2 is 1.16 bits per heavy atom. The summed E-state index contributed by atoms with van der Waals surface area (Å²) in [7, 11) is 0. The van der Waals surface area contributed by atoms with Crippen molar-refractivity contribution in [1.29, 1.82) is 0 Å². The van der Waals surface area contributed by atoms with Crippen molar-refractivity contribution < 1.29 is 14.3 Å². The molecule has 0 amide bonds. The van der Waals surface area contributed by atoms with Gasteiger partial charge in [-0.25, -0.2) is 0 Å². The van der Waals surface area contributed by atoms with Crippen LogP contribution < -0.4 is 9.47 Å². The Bertz CT molecular complexity index is 786. The minimum atomic E-state index is -0.192. The molecule has 32 heavy (non-hydrogen) atoms. The Morgan fingerprint density at radius 1 is 0.656 bits per heavy atom. The monoisotopic (exact) mass is 438 g/mol. The van der Waals surface area contributed by atoms with Gasteiger partial charge in [-0.1, -0.05) is 65.2 Å². The Kier molecular flexibility index (Phi) is 12.8. The molecule has 0 bridgehead atoms. The molecule has 0 unspecified atom stereocenters. The number of carbonyl (C=O) groups excluding carboxylic acids is 1. The van der Waals surface area contributed by atoms with Gasteiger partial charge >= 0.3 is 5.97 Å². The molecule has 0 radical (unpaired) electrons. The number of ether oxygens (including phenoxy) is 2. The van der Waals surface area contributed by atoms with Crippen LogP contribution in [-0.4, -0.2) is 12.6 Å². The van der Waals surface area contributed by atoms with E-state index in [1.165, 1.54) is 38.5 Å². The molecule has 5 heteroatoms. The summed E-state index contributed by atoms with van der Waals surface area (Å²) in [5.41, 5.74) is 1.47. The molecule has 5 nitrogen and oxygen atoms in total. The Balaban J connectivity index is 1.69. The molecule has 0 aromatic heterocycles. The van der Waals surface area contributed by atoms with Crippen LogP contribution >= 0.6 is 0 Å². The number of carbonyl (C=O) groups is 1. The van der Waals surface area contributed by atoms with Gasteiger partial charge < -0.3 is 9.47 Å². The summed E-state index contributed by atoms with van der Waals surface area (Å²) >= 11 is 0. The maximum Gasteiger partial charge on any atom is 0.311 e. The average Bonchev–Trinajstić information content (AvgIpc) is 2.81. The largest absolute Gasteiger partial charge is 0.494 e. The first-order valence-electron chi connectivity index (χ1n) is 12.2. The molecular weight excluding hydrogens is 400 g/mol. The molecule has 0 atom stereocenters. The standard InChI is InChI=1S/C27H38N2O3/c1-3-5-7-8-9-10-12-22-31-25-18-14-23(15-19-25)28-29-24-16-20-26(21-17-24)32-27(30)13-11-6-4-2/h14-21H,3-13,22H2,1-2H3. The van der Waals surface area contributed by atoms with E-state index in [4.69, 9.17) is 9.47 Å². The third-order valence-electron chi connectivity index (χ3n) is 5.19. The summed E-state index contributed by atoms with van der Waals surface area (Å²) in [5, 5.41) is 8.51. The van der Waals surface area contributed by atoms with Crippen LogP contribution in [0, 0.1) is 0 Å². The van der Waals surface area contributed by atoms with Crippen molar-refractivity contribution in [3.63, 3.8) is 0 Å². The molecule has 0 spiro atoms. The van der Waals surface area contributed by atoms with Crippen molar-refractivity contribution in [1.82, 2.24) is 0 Å². The average molecular weight is 439 g/mol. The molecule has 0 aliphatic carbocycles. The second kappa shape index (κ2) is 16.0. The Morgan fingerprint density at radius 3 is 1.75 bits per heavy atom. The molecule has 2 aromatic carbocycles. The molecular formula is C27H38N2O3. The normalized spacial score (nSPS) is 11.1. The smallest absolute Gasteiger partial charge is 0.311 e. The van der Waals surface area contributed by atoms with Gasteiger partial charge in [-0.2, -0.15) is 10.2 Å². The summed E-state index contributed by atoms with van der Waals surface area (Å²) in [6.45, 7) is 5.11. The Hall–Kier alpha value is -2.69. The van der Waals surface area contributed by atoms with Gasteiger partial charge in [0.25, 0.3) is 0 Å². The van der Waals surface area contributed by atoms with E-state index in [-0.39, 0.29) is 5.97 Å². The minimum Gasteiger partial charge on any atom is -0.494 e. The van der Waals surface area contributed by atoms with Crippen molar-refractivity contribution in [2.45, 2.75) is 84.5 Å². The highest BCUT2D eigenvalue weighted by atomic mass is 16.5. The lowest BCUT2D eigenvalue weighted by Crippen LogP contribution is -2.07. The summed E-state index contributed by atoms with van der Waals surface area (Å²) in [6.07, 6.45) is 12.4. The zero-order valence-corrected chi connectivity index (χ0v) is 19.7. The molecule has 0 saturated carbocycles. The lowest BCUT2D eigenvalue weighted by atomic mass is 10.1. The highest BCUT2D eigenvalue weighted by molar-refractivity contribution is 5.72. The molecule has 0 heterocycles. The van der Waals surface area contributed by atoms with Crippen LogP contribution in [0.25, 0.3) is 0 Å². The van der Waals surface area contributed by atoms with E-state index in [2.05, 4.69) is 24.1 Å². The summed E-state index contributed by atoms with van der Waals surface area (Å²) in [4.78, 5) is 11.8. The summed E-state index contributed by atoms with van der Waals surface area (Å²) in [5.74, 6) is 1.20. The third kappa shape index (κ3) is 11.1. The number of rotatable bonds is 16. The van der Waals surface area contributed by atoms with E-state index >= 15 is 0 Å². The van der Waals surface area contributed by atoms with Gasteiger partial charge in [0.1, 0.15) is 11.5 Å². The quantitative estimate of drug-likeness (QED) is 0.114. The van der Waals surface area contributed by atoms with Crippen LogP contribution in [0.4, 0.5) is 11.4 Å². The summed E-state index contributed by atoms with van der Waals surface area (Å²) in [6, 6.07) is 14.7. The Labute approximate surface area is 193 Å². The lowest BCUT2D eigenvalue weighted by molar-refractivity contribution is -0.134. The van der Waals surface area contributed by atoms with E-state index in [0.29, 0.717) is 17.9 Å². The van der Waals surface area contributed by atoms with Crippen molar-refractivity contribution in [3.8, 4) is 11.5 Å². The molecule has 0 saturated heterocycles. The van der Waals surface area contributed by atoms with Crippen molar-refractivity contribution in [3.05, 3.63) is 48.5 Å². The van der Waals surface area contributed by atoms with Crippen LogP contribution in [-0.2, 0) is 4.79 Å². The molecule has 2 aromatic rings. The SMILES string of the molecule is CCCCCCCCCOc1ccc(N=Nc2ccc(OC(=O)CCCCC)cc2)cc1. The van der Waals surface area contributed by atoms with E-state index in [1.54, 1.807) is 24.3 Å². The first kappa shape index (κ1) is 25.6. The second-order valence-electron chi connectivity index (χ2n) is 8.09. The van der Waals surface area contributed by atoms with E-state index < -0.39 is 0 Å². The molecule has 0 N–H and O–H groups in total. The summed E-state index contributed by atoms with van der Waals surface area (Å²) < 4.78 is 11.1. The maximum absolute atomic E-state index is 11.8. The molecule has 2 rings (SSSR count). The predicted molar refractivity (Wildman–Crippen MR) is 130 cm³/mol. The number of nitrogens with zero attached hydrogens (tertiary/aromatic N) is 2. The zero-order valence-electron chi connectivity index (χ0n) is 19.7. The van der Waals surface area contributed by atoms with Crippen molar-refractivity contribution >= 4 is 17.3 Å². The van der Waals surface area contributed by atoms with Gasteiger partial charge in [0.05, 0.1) is 18.0 Å². The number of esters is 1. The van der Waals surface area contributed by atoms with E-state index in [9.17, 15) is 4.79 Å². The number of benzene rings is 2. The van der Waals surface area contributed by atoms with Gasteiger partial charge in [-0.3, -0.25) is 4.79 Å². The van der Waals surface area contributed by atoms with Crippen LogP contribution in [0.5, 0.6) is 11.5 Å². The van der Waals surface area contributed by atoms with E-state index in [0.717, 1.165) is 43.7 Å². The van der Waals surface area contributed by atoms with Gasteiger partial charge in [-0.05, 0) is 61.4 Å². The number of unbranched alkanes of at least 4 members (excludes halogenated alkanes) is 8. The topological polar surface area (TPSA) is 60.3 Å². The van der Waals surface area contributed by atoms with Crippen molar-refractivity contribution in [2.75, 3.05) is 6.61 Å². The van der Waals surface area contributed by atoms with Gasteiger partial charge in [0, 0.05) is 6.42 Å². The lowest BCUT2D eigenvalue weighted by Gasteiger charge is -2.06. The highest BCUT2D eigenvalue weighted by Crippen LogP contribution is 2.23. The fourth-order valence-corrected chi connectivity index (χ4v) is 3.26. The number of hydrogen-bond donors (Lipinski definition) is 0. The first-order chi connectivity index (χ1) is 15.7. The number of azo groups is 1.